The van der Waals surface area contributed by atoms with Gasteiger partial charge in [-0.25, -0.2) is 9.59 Å². The average molecular weight is 370 g/mol. The number of carboxylic acids is 1. The highest BCUT2D eigenvalue weighted by Crippen LogP contribution is 2.25. The molecule has 7 nitrogen and oxygen atoms in total. The Hall–Kier alpha value is -3.06. The number of carbonyl (C=O) groups is 2. The molecule has 1 saturated heterocycles. The van der Waals surface area contributed by atoms with Crippen LogP contribution in [0.5, 0.6) is 5.75 Å². The molecule has 27 heavy (non-hydrogen) atoms. The van der Waals surface area contributed by atoms with Gasteiger partial charge in [-0.05, 0) is 23.8 Å². The second-order valence-corrected chi connectivity index (χ2v) is 6.26. The van der Waals surface area contributed by atoms with E-state index in [4.69, 9.17) is 14.6 Å². The third-order valence-electron chi connectivity index (χ3n) is 4.40. The number of urea groups is 1. The van der Waals surface area contributed by atoms with Crippen molar-refractivity contribution in [3.8, 4) is 5.75 Å². The first-order valence-corrected chi connectivity index (χ1v) is 8.68. The Balaban J connectivity index is 1.72. The highest BCUT2D eigenvalue weighted by Gasteiger charge is 2.29. The van der Waals surface area contributed by atoms with E-state index in [2.05, 4.69) is 5.32 Å². The number of ether oxygens (including phenoxy) is 2. The van der Waals surface area contributed by atoms with Gasteiger partial charge in [-0.2, -0.15) is 0 Å². The standard InChI is InChI=1S/C20H22N2O5/c1-26-17-8-7-16(12-15(17)11-14-5-3-2-4-6-14)21-20(25)22-9-10-27-18(13-22)19(23)24/h2-8,12,18H,9-11,13H2,1H3,(H,21,25)(H,23,24). The van der Waals surface area contributed by atoms with Crippen molar-refractivity contribution < 1.29 is 24.2 Å². The van der Waals surface area contributed by atoms with E-state index in [9.17, 15) is 9.59 Å². The van der Waals surface area contributed by atoms with E-state index in [1.54, 1.807) is 13.2 Å². The fourth-order valence-corrected chi connectivity index (χ4v) is 3.00. The van der Waals surface area contributed by atoms with E-state index in [0.717, 1.165) is 16.9 Å². The van der Waals surface area contributed by atoms with E-state index in [0.29, 0.717) is 18.7 Å². The van der Waals surface area contributed by atoms with Crippen molar-refractivity contribution in [1.82, 2.24) is 4.90 Å². The number of methoxy groups -OCH3 is 1. The number of carboxylic acid groups (broad SMARTS) is 1. The van der Waals surface area contributed by atoms with E-state index in [-0.39, 0.29) is 19.2 Å². The summed E-state index contributed by atoms with van der Waals surface area (Å²) in [5.41, 5.74) is 2.72. The smallest absolute Gasteiger partial charge is 0.334 e. The lowest BCUT2D eigenvalue weighted by Crippen LogP contribution is -2.49. The van der Waals surface area contributed by atoms with Gasteiger partial charge in [0.25, 0.3) is 0 Å². The molecule has 2 aromatic rings. The molecule has 2 amide bonds. The van der Waals surface area contributed by atoms with E-state index in [1.165, 1.54) is 4.90 Å². The number of carbonyl (C=O) groups excluding carboxylic acids is 1. The molecule has 0 bridgehead atoms. The normalized spacial score (nSPS) is 16.6. The Morgan fingerprint density at radius 1 is 1.26 bits per heavy atom. The van der Waals surface area contributed by atoms with Crippen LogP contribution in [-0.2, 0) is 16.0 Å². The lowest BCUT2D eigenvalue weighted by atomic mass is 10.0. The number of hydrogen-bond donors (Lipinski definition) is 2. The quantitative estimate of drug-likeness (QED) is 0.845. The topological polar surface area (TPSA) is 88.1 Å². The van der Waals surface area contributed by atoms with Gasteiger partial charge >= 0.3 is 12.0 Å². The third-order valence-corrected chi connectivity index (χ3v) is 4.40. The Bertz CT molecular complexity index is 809. The lowest BCUT2D eigenvalue weighted by Gasteiger charge is -2.30. The molecule has 0 spiro atoms. The van der Waals surface area contributed by atoms with Gasteiger partial charge in [0.2, 0.25) is 0 Å². The molecule has 0 aliphatic carbocycles. The second-order valence-electron chi connectivity index (χ2n) is 6.26. The molecule has 0 saturated carbocycles. The number of nitrogens with zero attached hydrogens (tertiary/aromatic N) is 1. The van der Waals surface area contributed by atoms with Crippen molar-refractivity contribution in [3.63, 3.8) is 0 Å². The summed E-state index contributed by atoms with van der Waals surface area (Å²) in [6.45, 7) is 0.573. The molecular formula is C20H22N2O5. The van der Waals surface area contributed by atoms with Gasteiger partial charge in [-0.3, -0.25) is 0 Å². The van der Waals surface area contributed by atoms with Gasteiger partial charge in [-0.1, -0.05) is 30.3 Å². The zero-order valence-electron chi connectivity index (χ0n) is 15.1. The molecule has 7 heteroatoms. The SMILES string of the molecule is COc1ccc(NC(=O)N2CCOC(C(=O)O)C2)cc1Cc1ccccc1. The van der Waals surface area contributed by atoms with Crippen molar-refractivity contribution in [1.29, 1.82) is 0 Å². The number of amides is 2. The van der Waals surface area contributed by atoms with E-state index >= 15 is 0 Å². The molecule has 1 aliphatic heterocycles. The minimum Gasteiger partial charge on any atom is -0.496 e. The van der Waals surface area contributed by atoms with E-state index in [1.807, 2.05) is 42.5 Å². The largest absolute Gasteiger partial charge is 0.496 e. The van der Waals surface area contributed by atoms with Gasteiger partial charge in [0, 0.05) is 24.2 Å². The summed E-state index contributed by atoms with van der Waals surface area (Å²) < 4.78 is 10.6. The zero-order valence-corrected chi connectivity index (χ0v) is 15.1. The number of morpholine rings is 1. The monoisotopic (exact) mass is 370 g/mol. The molecule has 2 aromatic carbocycles. The molecule has 1 unspecified atom stereocenters. The maximum absolute atomic E-state index is 12.5. The number of benzene rings is 2. The predicted molar refractivity (Wildman–Crippen MR) is 100 cm³/mol. The van der Waals surface area contributed by atoms with Crippen molar-refractivity contribution in [2.24, 2.45) is 0 Å². The second kappa shape index (κ2) is 8.55. The van der Waals surface area contributed by atoms with Crippen LogP contribution in [0.3, 0.4) is 0 Å². The van der Waals surface area contributed by atoms with Gasteiger partial charge in [-0.15, -0.1) is 0 Å². The zero-order chi connectivity index (χ0) is 19.2. The molecule has 1 fully saturated rings. The minimum absolute atomic E-state index is 0.0220. The Morgan fingerprint density at radius 2 is 2.04 bits per heavy atom. The molecule has 1 aliphatic rings. The minimum atomic E-state index is -1.07. The van der Waals surface area contributed by atoms with Crippen LogP contribution in [0.25, 0.3) is 0 Å². The van der Waals surface area contributed by atoms with Crippen LogP contribution in [0.4, 0.5) is 10.5 Å². The maximum Gasteiger partial charge on any atom is 0.334 e. The summed E-state index contributed by atoms with van der Waals surface area (Å²) in [5.74, 6) is -0.323. The molecule has 1 heterocycles. The Kier molecular flexibility index (Phi) is 5.93. The third kappa shape index (κ3) is 4.77. The summed E-state index contributed by atoms with van der Waals surface area (Å²) in [6, 6.07) is 15.1. The summed E-state index contributed by atoms with van der Waals surface area (Å²) >= 11 is 0. The van der Waals surface area contributed by atoms with Crippen LogP contribution in [0.2, 0.25) is 0 Å². The summed E-state index contributed by atoms with van der Waals surface area (Å²) in [5, 5.41) is 11.9. The van der Waals surface area contributed by atoms with E-state index < -0.39 is 12.1 Å². The number of anilines is 1. The first-order chi connectivity index (χ1) is 13.1. The maximum atomic E-state index is 12.5. The molecule has 1 atom stereocenters. The van der Waals surface area contributed by atoms with Crippen LogP contribution in [0, 0.1) is 0 Å². The Labute approximate surface area is 157 Å². The van der Waals surface area contributed by atoms with Crippen LogP contribution in [-0.4, -0.2) is 54.9 Å². The number of hydrogen-bond acceptors (Lipinski definition) is 4. The summed E-state index contributed by atoms with van der Waals surface area (Å²) in [7, 11) is 1.61. The van der Waals surface area contributed by atoms with Gasteiger partial charge in [0.1, 0.15) is 5.75 Å². The fraction of sp³-hybridized carbons (Fsp3) is 0.300. The molecule has 3 rings (SSSR count). The molecule has 0 aromatic heterocycles. The van der Waals surface area contributed by atoms with Crippen LogP contribution in [0.1, 0.15) is 11.1 Å². The fourth-order valence-electron chi connectivity index (χ4n) is 3.00. The number of nitrogens with one attached hydrogen (secondary N) is 1. The number of aliphatic carboxylic acids is 1. The van der Waals surface area contributed by atoms with Crippen molar-refractivity contribution in [3.05, 3.63) is 59.7 Å². The molecule has 0 radical (unpaired) electrons. The van der Waals surface area contributed by atoms with Crippen molar-refractivity contribution in [2.75, 3.05) is 32.1 Å². The molecular weight excluding hydrogens is 348 g/mol. The molecule has 2 N–H and O–H groups in total. The summed E-state index contributed by atoms with van der Waals surface area (Å²) in [4.78, 5) is 25.0. The first-order valence-electron chi connectivity index (χ1n) is 8.68. The van der Waals surface area contributed by atoms with Crippen molar-refractivity contribution >= 4 is 17.7 Å². The average Bonchev–Trinajstić information content (AvgIpc) is 2.69. The summed E-state index contributed by atoms with van der Waals surface area (Å²) in [6.07, 6.45) is -0.319. The highest BCUT2D eigenvalue weighted by atomic mass is 16.5. The number of rotatable bonds is 5. The van der Waals surface area contributed by atoms with Gasteiger partial charge in [0.05, 0.1) is 20.3 Å². The van der Waals surface area contributed by atoms with Crippen molar-refractivity contribution in [2.45, 2.75) is 12.5 Å². The Morgan fingerprint density at radius 3 is 2.74 bits per heavy atom. The van der Waals surface area contributed by atoms with Gasteiger partial charge < -0.3 is 24.8 Å². The highest BCUT2D eigenvalue weighted by molar-refractivity contribution is 5.90. The van der Waals surface area contributed by atoms with Crippen LogP contribution in [0.15, 0.2) is 48.5 Å². The first kappa shape index (κ1) is 18.7. The predicted octanol–water partition coefficient (Wildman–Crippen LogP) is 2.60. The van der Waals surface area contributed by atoms with Gasteiger partial charge in [0.15, 0.2) is 6.10 Å². The molecule has 142 valence electrons. The van der Waals surface area contributed by atoms with Crippen LogP contribution < -0.4 is 10.1 Å². The van der Waals surface area contributed by atoms with Crippen LogP contribution >= 0.6 is 0 Å². The lowest BCUT2D eigenvalue weighted by molar-refractivity contribution is -0.154.